The van der Waals surface area contributed by atoms with E-state index in [0.717, 1.165) is 6.26 Å². The number of rotatable bonds is 4. The Bertz CT molecular complexity index is 575. The molecule has 1 aromatic rings. The Morgan fingerprint density at radius 1 is 1.42 bits per heavy atom. The summed E-state index contributed by atoms with van der Waals surface area (Å²) in [4.78, 5) is 19.6. The number of aryl methyl sites for hydroxylation is 1. The quantitative estimate of drug-likeness (QED) is 0.809. The number of anilines is 1. The highest BCUT2D eigenvalue weighted by Crippen LogP contribution is 2.22. The molecule has 1 rings (SSSR count). The maximum Gasteiger partial charge on any atom is 0.343 e. The molecule has 1 heterocycles. The SMILES string of the molecule is CCOC(=O)c1c(C)nc(C(C)S(C)(=O)=O)nc1N. The molecule has 1 atom stereocenters. The highest BCUT2D eigenvalue weighted by atomic mass is 32.2. The van der Waals surface area contributed by atoms with Crippen LogP contribution in [0.25, 0.3) is 0 Å². The molecule has 7 nitrogen and oxygen atoms in total. The van der Waals surface area contributed by atoms with E-state index in [2.05, 4.69) is 9.97 Å². The molecule has 19 heavy (non-hydrogen) atoms. The number of aromatic nitrogens is 2. The molecule has 0 fully saturated rings. The summed E-state index contributed by atoms with van der Waals surface area (Å²) in [5.41, 5.74) is 6.07. The maximum absolute atomic E-state index is 11.7. The second kappa shape index (κ2) is 5.52. The monoisotopic (exact) mass is 287 g/mol. The van der Waals surface area contributed by atoms with Gasteiger partial charge in [0.2, 0.25) is 0 Å². The van der Waals surface area contributed by atoms with Crippen LogP contribution >= 0.6 is 0 Å². The van der Waals surface area contributed by atoms with Crippen LogP contribution in [0.3, 0.4) is 0 Å². The molecule has 8 heteroatoms. The van der Waals surface area contributed by atoms with Crippen molar-refractivity contribution in [2.75, 3.05) is 18.6 Å². The van der Waals surface area contributed by atoms with E-state index in [0.29, 0.717) is 5.69 Å². The van der Waals surface area contributed by atoms with E-state index in [9.17, 15) is 13.2 Å². The second-order valence-corrected chi connectivity index (χ2v) is 6.49. The van der Waals surface area contributed by atoms with Crippen LogP contribution in [0.1, 0.15) is 41.0 Å². The van der Waals surface area contributed by atoms with Crippen LogP contribution in [-0.2, 0) is 14.6 Å². The van der Waals surface area contributed by atoms with Gasteiger partial charge >= 0.3 is 5.97 Å². The third kappa shape index (κ3) is 3.40. The Hall–Kier alpha value is -1.70. The van der Waals surface area contributed by atoms with E-state index in [-0.39, 0.29) is 23.8 Å². The summed E-state index contributed by atoms with van der Waals surface area (Å²) in [6.45, 7) is 4.90. The Labute approximate surface area is 112 Å². The lowest BCUT2D eigenvalue weighted by atomic mass is 10.2. The highest BCUT2D eigenvalue weighted by molar-refractivity contribution is 7.90. The molecule has 0 amide bonds. The van der Waals surface area contributed by atoms with Crippen molar-refractivity contribution in [2.24, 2.45) is 0 Å². The lowest BCUT2D eigenvalue weighted by molar-refractivity contribution is 0.0525. The fraction of sp³-hybridized carbons (Fsp3) is 0.545. The van der Waals surface area contributed by atoms with E-state index in [4.69, 9.17) is 10.5 Å². The minimum absolute atomic E-state index is 0.0727. The molecule has 2 N–H and O–H groups in total. The minimum atomic E-state index is -3.33. The van der Waals surface area contributed by atoms with Gasteiger partial charge in [0.15, 0.2) is 9.84 Å². The molecule has 0 aliphatic carbocycles. The second-order valence-electron chi connectivity index (χ2n) is 4.12. The predicted octanol–water partition coefficient (Wildman–Crippen LogP) is 0.650. The fourth-order valence-electron chi connectivity index (χ4n) is 1.45. The number of nitrogens with zero attached hydrogens (tertiary/aromatic N) is 2. The molecule has 0 saturated heterocycles. The fourth-order valence-corrected chi connectivity index (χ4v) is 1.93. The summed E-state index contributed by atoms with van der Waals surface area (Å²) in [5, 5.41) is -0.884. The Morgan fingerprint density at radius 3 is 2.42 bits per heavy atom. The first kappa shape index (κ1) is 15.4. The first-order valence-corrected chi connectivity index (χ1v) is 7.64. The minimum Gasteiger partial charge on any atom is -0.462 e. The molecular formula is C11H17N3O4S. The van der Waals surface area contributed by atoms with Gasteiger partial charge in [-0.15, -0.1) is 0 Å². The van der Waals surface area contributed by atoms with Crippen LogP contribution in [0.5, 0.6) is 0 Å². The Morgan fingerprint density at radius 2 is 2.00 bits per heavy atom. The topological polar surface area (TPSA) is 112 Å². The van der Waals surface area contributed by atoms with Crippen molar-refractivity contribution in [3.05, 3.63) is 17.1 Å². The number of carbonyl (C=O) groups is 1. The number of ether oxygens (including phenoxy) is 1. The van der Waals surface area contributed by atoms with Gasteiger partial charge in [-0.2, -0.15) is 0 Å². The van der Waals surface area contributed by atoms with Gasteiger partial charge in [0.25, 0.3) is 0 Å². The zero-order valence-corrected chi connectivity index (χ0v) is 12.1. The van der Waals surface area contributed by atoms with E-state index in [1.54, 1.807) is 13.8 Å². The van der Waals surface area contributed by atoms with E-state index in [1.807, 2.05) is 0 Å². The molecular weight excluding hydrogens is 270 g/mol. The van der Waals surface area contributed by atoms with Crippen LogP contribution in [-0.4, -0.2) is 37.2 Å². The smallest absolute Gasteiger partial charge is 0.343 e. The number of hydrogen-bond acceptors (Lipinski definition) is 7. The summed E-state index contributed by atoms with van der Waals surface area (Å²) in [6.07, 6.45) is 1.09. The summed E-state index contributed by atoms with van der Waals surface area (Å²) in [7, 11) is -3.33. The summed E-state index contributed by atoms with van der Waals surface area (Å²) < 4.78 is 27.8. The largest absolute Gasteiger partial charge is 0.462 e. The van der Waals surface area contributed by atoms with E-state index >= 15 is 0 Å². The van der Waals surface area contributed by atoms with Gasteiger partial charge in [0.05, 0.1) is 12.3 Å². The lowest BCUT2D eigenvalue weighted by Crippen LogP contribution is -2.18. The van der Waals surface area contributed by atoms with Crippen molar-refractivity contribution in [1.82, 2.24) is 9.97 Å². The summed E-state index contributed by atoms with van der Waals surface area (Å²) in [5.74, 6) is -0.613. The van der Waals surface area contributed by atoms with Crippen LogP contribution in [0.4, 0.5) is 5.82 Å². The van der Waals surface area contributed by atoms with Crippen LogP contribution in [0.15, 0.2) is 0 Å². The van der Waals surface area contributed by atoms with Crippen molar-refractivity contribution < 1.29 is 17.9 Å². The van der Waals surface area contributed by atoms with Crippen molar-refractivity contribution in [3.63, 3.8) is 0 Å². The average Bonchev–Trinajstić information content (AvgIpc) is 2.26. The van der Waals surface area contributed by atoms with Crippen molar-refractivity contribution >= 4 is 21.6 Å². The third-order valence-corrected chi connectivity index (χ3v) is 4.12. The number of nitrogens with two attached hydrogens (primary N) is 1. The van der Waals surface area contributed by atoms with Gasteiger partial charge in [-0.05, 0) is 20.8 Å². The zero-order chi connectivity index (χ0) is 14.8. The van der Waals surface area contributed by atoms with Gasteiger partial charge in [0, 0.05) is 6.26 Å². The van der Waals surface area contributed by atoms with Crippen molar-refractivity contribution in [1.29, 1.82) is 0 Å². The number of hydrogen-bond donors (Lipinski definition) is 1. The highest BCUT2D eigenvalue weighted by Gasteiger charge is 2.24. The molecule has 0 aliphatic rings. The number of sulfone groups is 1. The number of nitrogen functional groups attached to an aromatic ring is 1. The summed E-state index contributed by atoms with van der Waals surface area (Å²) in [6, 6.07) is 0. The normalized spacial score (nSPS) is 13.1. The molecule has 0 bridgehead atoms. The molecule has 0 saturated carbocycles. The molecule has 1 unspecified atom stereocenters. The first-order valence-electron chi connectivity index (χ1n) is 5.68. The van der Waals surface area contributed by atoms with E-state index in [1.165, 1.54) is 6.92 Å². The van der Waals surface area contributed by atoms with Gasteiger partial charge in [-0.1, -0.05) is 0 Å². The van der Waals surface area contributed by atoms with E-state index < -0.39 is 21.1 Å². The zero-order valence-electron chi connectivity index (χ0n) is 11.3. The first-order chi connectivity index (χ1) is 8.68. The lowest BCUT2D eigenvalue weighted by Gasteiger charge is -2.12. The van der Waals surface area contributed by atoms with Gasteiger partial charge < -0.3 is 10.5 Å². The number of carbonyl (C=O) groups excluding carboxylic acids is 1. The van der Waals surface area contributed by atoms with Crippen molar-refractivity contribution in [3.8, 4) is 0 Å². The predicted molar refractivity (Wildman–Crippen MR) is 70.4 cm³/mol. The van der Waals surface area contributed by atoms with Gasteiger partial charge in [-0.3, -0.25) is 0 Å². The average molecular weight is 287 g/mol. The van der Waals surface area contributed by atoms with Crippen LogP contribution < -0.4 is 5.73 Å². The Balaban J connectivity index is 3.28. The molecule has 0 spiro atoms. The molecule has 1 aromatic heterocycles. The van der Waals surface area contributed by atoms with Crippen LogP contribution in [0.2, 0.25) is 0 Å². The molecule has 0 aromatic carbocycles. The third-order valence-electron chi connectivity index (χ3n) is 2.62. The van der Waals surface area contributed by atoms with Crippen molar-refractivity contribution in [2.45, 2.75) is 26.0 Å². The molecule has 0 aliphatic heterocycles. The summed E-state index contributed by atoms with van der Waals surface area (Å²) >= 11 is 0. The standard InChI is InChI=1S/C11H17N3O4S/c1-5-18-11(15)8-6(2)13-10(14-9(8)12)7(3)19(4,16)17/h7H,5H2,1-4H3,(H2,12,13,14). The van der Waals surface area contributed by atoms with Gasteiger partial charge in [0.1, 0.15) is 22.5 Å². The van der Waals surface area contributed by atoms with Gasteiger partial charge in [-0.25, -0.2) is 23.2 Å². The molecule has 106 valence electrons. The number of esters is 1. The Kier molecular flexibility index (Phi) is 4.46. The molecule has 0 radical (unpaired) electrons. The maximum atomic E-state index is 11.7. The van der Waals surface area contributed by atoms with Crippen LogP contribution in [0, 0.1) is 6.92 Å².